The van der Waals surface area contributed by atoms with Crippen LogP contribution in [0.2, 0.25) is 0 Å². The molecule has 0 bridgehead atoms. The third kappa shape index (κ3) is 2.87. The maximum atomic E-state index is 11.6. The van der Waals surface area contributed by atoms with Crippen molar-refractivity contribution in [1.82, 2.24) is 10.2 Å². The first-order chi connectivity index (χ1) is 7.56. The summed E-state index contributed by atoms with van der Waals surface area (Å²) in [6.07, 6.45) is -0.702. The molecule has 1 heterocycles. The van der Waals surface area contributed by atoms with Crippen LogP contribution in [-0.2, 0) is 4.79 Å². The fraction of sp³-hybridized carbons (Fsp3) is 0.600. The molecule has 1 saturated heterocycles. The molecule has 6 nitrogen and oxygen atoms in total. The van der Waals surface area contributed by atoms with Crippen molar-refractivity contribution in [2.75, 3.05) is 13.1 Å². The van der Waals surface area contributed by atoms with Crippen molar-refractivity contribution in [1.29, 1.82) is 0 Å². The molecule has 0 unspecified atom stereocenters. The Labute approximate surface area is 93.2 Å². The highest BCUT2D eigenvalue weighted by atomic mass is 16.4. The van der Waals surface area contributed by atoms with Crippen LogP contribution in [0.25, 0.3) is 0 Å². The summed E-state index contributed by atoms with van der Waals surface area (Å²) in [5.74, 6) is 4.14. The summed E-state index contributed by atoms with van der Waals surface area (Å²) in [5, 5.41) is 20.7. The molecule has 2 atom stereocenters. The molecule has 0 aromatic heterocycles. The number of aliphatic hydroxyl groups excluding tert-OH is 1. The Balaban J connectivity index is 2.58. The van der Waals surface area contributed by atoms with Gasteiger partial charge in [0.15, 0.2) is 0 Å². The van der Waals surface area contributed by atoms with E-state index in [2.05, 4.69) is 17.2 Å². The highest BCUT2D eigenvalue weighted by Gasteiger charge is 2.38. The smallest absolute Gasteiger partial charge is 0.326 e. The van der Waals surface area contributed by atoms with Gasteiger partial charge in [-0.25, -0.2) is 9.59 Å². The first-order valence-electron chi connectivity index (χ1n) is 4.91. The highest BCUT2D eigenvalue weighted by molar-refractivity contribution is 5.83. The molecule has 16 heavy (non-hydrogen) atoms. The summed E-state index contributed by atoms with van der Waals surface area (Å²) in [5.41, 5.74) is 0. The van der Waals surface area contributed by atoms with E-state index in [0.29, 0.717) is 0 Å². The lowest BCUT2D eigenvalue weighted by atomic mass is 10.2. The second-order valence-corrected chi connectivity index (χ2v) is 3.48. The van der Waals surface area contributed by atoms with Crippen molar-refractivity contribution < 1.29 is 19.8 Å². The number of aliphatic carboxylic acids is 1. The quantitative estimate of drug-likeness (QED) is 0.540. The Kier molecular flexibility index (Phi) is 4.14. The largest absolute Gasteiger partial charge is 0.480 e. The average molecular weight is 226 g/mol. The number of β-amino-alcohol motifs (C(OH)–C–C–N with tert-alkyl or cyclic N) is 1. The van der Waals surface area contributed by atoms with Crippen LogP contribution in [0.15, 0.2) is 0 Å². The summed E-state index contributed by atoms with van der Waals surface area (Å²) in [4.78, 5) is 23.5. The van der Waals surface area contributed by atoms with Crippen molar-refractivity contribution >= 4 is 12.0 Å². The van der Waals surface area contributed by atoms with E-state index in [0.717, 1.165) is 4.90 Å². The van der Waals surface area contributed by atoms with Gasteiger partial charge >= 0.3 is 12.0 Å². The van der Waals surface area contributed by atoms with Gasteiger partial charge in [0.2, 0.25) is 0 Å². The number of amides is 2. The van der Waals surface area contributed by atoms with Crippen LogP contribution in [0.4, 0.5) is 4.79 Å². The van der Waals surface area contributed by atoms with Gasteiger partial charge in [0, 0.05) is 13.0 Å². The number of carboxylic acid groups (broad SMARTS) is 1. The van der Waals surface area contributed by atoms with Gasteiger partial charge in [-0.05, 0) is 6.92 Å². The van der Waals surface area contributed by atoms with Crippen molar-refractivity contribution in [2.24, 2.45) is 0 Å². The van der Waals surface area contributed by atoms with E-state index in [4.69, 9.17) is 5.11 Å². The zero-order valence-corrected chi connectivity index (χ0v) is 8.93. The standard InChI is InChI=1S/C10H14N2O4/c1-2-3-4-11-10(16)12-6-7(13)5-8(12)9(14)15/h7-8,13H,4-6H2,1H3,(H,11,16)(H,14,15)/t7-,8-/m1/s1. The van der Waals surface area contributed by atoms with E-state index in [-0.39, 0.29) is 19.5 Å². The normalized spacial score (nSPS) is 23.5. The Morgan fingerprint density at radius 1 is 1.56 bits per heavy atom. The summed E-state index contributed by atoms with van der Waals surface area (Å²) < 4.78 is 0. The van der Waals surface area contributed by atoms with Crippen LogP contribution >= 0.6 is 0 Å². The maximum Gasteiger partial charge on any atom is 0.326 e. The summed E-state index contributed by atoms with van der Waals surface area (Å²) in [6.45, 7) is 1.86. The van der Waals surface area contributed by atoms with Crippen molar-refractivity contribution in [3.63, 3.8) is 0 Å². The first-order valence-corrected chi connectivity index (χ1v) is 4.91. The van der Waals surface area contributed by atoms with E-state index in [1.165, 1.54) is 0 Å². The number of urea groups is 1. The number of carboxylic acids is 1. The van der Waals surface area contributed by atoms with Gasteiger partial charge in [-0.2, -0.15) is 0 Å². The molecule has 0 aromatic rings. The number of likely N-dealkylation sites (tertiary alicyclic amines) is 1. The fourth-order valence-corrected chi connectivity index (χ4v) is 1.58. The van der Waals surface area contributed by atoms with Crippen molar-refractivity contribution in [2.45, 2.75) is 25.5 Å². The number of nitrogens with zero attached hydrogens (tertiary/aromatic N) is 1. The Bertz CT molecular complexity index is 344. The number of carbonyl (C=O) groups excluding carboxylic acids is 1. The molecular formula is C10H14N2O4. The second-order valence-electron chi connectivity index (χ2n) is 3.48. The van der Waals surface area contributed by atoms with Gasteiger partial charge in [-0.3, -0.25) is 0 Å². The van der Waals surface area contributed by atoms with E-state index in [1.54, 1.807) is 6.92 Å². The average Bonchev–Trinajstić information content (AvgIpc) is 2.61. The lowest BCUT2D eigenvalue weighted by Gasteiger charge is -2.20. The highest BCUT2D eigenvalue weighted by Crippen LogP contribution is 2.17. The number of hydrogen-bond donors (Lipinski definition) is 3. The van der Waals surface area contributed by atoms with E-state index < -0.39 is 24.1 Å². The van der Waals surface area contributed by atoms with Gasteiger partial charge in [0.1, 0.15) is 6.04 Å². The van der Waals surface area contributed by atoms with Crippen LogP contribution in [0.5, 0.6) is 0 Å². The van der Waals surface area contributed by atoms with Gasteiger partial charge in [0.05, 0.1) is 12.6 Å². The Hall–Kier alpha value is -1.74. The van der Waals surface area contributed by atoms with Crippen molar-refractivity contribution in [3.05, 3.63) is 0 Å². The van der Waals surface area contributed by atoms with Crippen LogP contribution in [0.3, 0.4) is 0 Å². The molecule has 88 valence electrons. The molecule has 2 amide bonds. The lowest BCUT2D eigenvalue weighted by Crippen LogP contribution is -2.46. The van der Waals surface area contributed by atoms with E-state index in [1.807, 2.05) is 0 Å². The molecule has 6 heteroatoms. The molecule has 0 aliphatic carbocycles. The molecule has 1 aliphatic heterocycles. The van der Waals surface area contributed by atoms with Crippen LogP contribution in [0, 0.1) is 11.8 Å². The molecule has 1 aliphatic rings. The molecule has 3 N–H and O–H groups in total. The third-order valence-corrected chi connectivity index (χ3v) is 2.33. The topological polar surface area (TPSA) is 89.9 Å². The van der Waals surface area contributed by atoms with E-state index >= 15 is 0 Å². The summed E-state index contributed by atoms with van der Waals surface area (Å²) in [7, 11) is 0. The molecule has 0 spiro atoms. The number of nitrogens with one attached hydrogen (secondary N) is 1. The minimum absolute atomic E-state index is 0.0440. The van der Waals surface area contributed by atoms with Gasteiger partial charge in [-0.1, -0.05) is 5.92 Å². The predicted molar refractivity (Wildman–Crippen MR) is 55.6 cm³/mol. The van der Waals surface area contributed by atoms with Crippen LogP contribution in [-0.4, -0.2) is 52.3 Å². The monoisotopic (exact) mass is 226 g/mol. The van der Waals surface area contributed by atoms with E-state index in [9.17, 15) is 14.7 Å². The number of aliphatic hydroxyl groups is 1. The SMILES string of the molecule is CC#CCNC(=O)N1C[C@H](O)C[C@@H]1C(=O)O. The van der Waals surface area contributed by atoms with Crippen molar-refractivity contribution in [3.8, 4) is 11.8 Å². The third-order valence-electron chi connectivity index (χ3n) is 2.33. The lowest BCUT2D eigenvalue weighted by molar-refractivity contribution is -0.141. The number of carbonyl (C=O) groups is 2. The molecule has 0 aromatic carbocycles. The van der Waals surface area contributed by atoms with Crippen LogP contribution in [0.1, 0.15) is 13.3 Å². The van der Waals surface area contributed by atoms with Crippen LogP contribution < -0.4 is 5.32 Å². The number of rotatable bonds is 2. The van der Waals surface area contributed by atoms with Gasteiger partial charge in [-0.15, -0.1) is 5.92 Å². The summed E-state index contributed by atoms with van der Waals surface area (Å²) >= 11 is 0. The molecule has 1 fully saturated rings. The fourth-order valence-electron chi connectivity index (χ4n) is 1.58. The zero-order valence-electron chi connectivity index (χ0n) is 8.93. The predicted octanol–water partition coefficient (Wildman–Crippen LogP) is -0.761. The molecule has 0 saturated carbocycles. The summed E-state index contributed by atoms with van der Waals surface area (Å²) in [6, 6.07) is -1.46. The first kappa shape index (κ1) is 12.3. The zero-order chi connectivity index (χ0) is 12.1. The minimum atomic E-state index is -1.10. The van der Waals surface area contributed by atoms with Gasteiger partial charge < -0.3 is 20.4 Å². The second kappa shape index (κ2) is 5.37. The Morgan fingerprint density at radius 3 is 2.81 bits per heavy atom. The molecule has 1 rings (SSSR count). The van der Waals surface area contributed by atoms with Gasteiger partial charge in [0.25, 0.3) is 0 Å². The molecular weight excluding hydrogens is 212 g/mol. The Morgan fingerprint density at radius 2 is 2.25 bits per heavy atom. The molecule has 0 radical (unpaired) electrons. The minimum Gasteiger partial charge on any atom is -0.480 e. The maximum absolute atomic E-state index is 11.6. The number of hydrogen-bond acceptors (Lipinski definition) is 3.